The monoisotopic (exact) mass is 410 g/mol. The number of hydrogen-bond donors (Lipinski definition) is 0. The van der Waals surface area contributed by atoms with E-state index in [2.05, 4.69) is 32.1 Å². The summed E-state index contributed by atoms with van der Waals surface area (Å²) in [5.41, 5.74) is 2.41. The molecule has 0 aliphatic carbocycles. The summed E-state index contributed by atoms with van der Waals surface area (Å²) < 4.78 is 12.7. The molecule has 9 heteroatoms. The van der Waals surface area contributed by atoms with Crippen molar-refractivity contribution in [3.8, 4) is 11.8 Å². The number of piperazine rings is 1. The summed E-state index contributed by atoms with van der Waals surface area (Å²) in [7, 11) is 3.30. The predicted molar refractivity (Wildman–Crippen MR) is 113 cm³/mol. The number of aryl methyl sites for hydroxylation is 1. The summed E-state index contributed by atoms with van der Waals surface area (Å²) in [6.45, 7) is 6.66. The molecule has 0 N–H and O–H groups in total. The Labute approximate surface area is 175 Å². The molecule has 1 saturated heterocycles. The highest BCUT2D eigenvalue weighted by atomic mass is 16.5. The summed E-state index contributed by atoms with van der Waals surface area (Å²) in [6, 6.07) is 6.10. The second-order valence-corrected chi connectivity index (χ2v) is 7.55. The number of nitrogens with zero attached hydrogens (tertiary/aromatic N) is 6. The summed E-state index contributed by atoms with van der Waals surface area (Å²) >= 11 is 0. The van der Waals surface area contributed by atoms with Crippen LogP contribution in [0.2, 0.25) is 0 Å². The molecule has 1 fully saturated rings. The minimum Gasteiger partial charge on any atom is -0.479 e. The number of carbonyl (C=O) groups is 1. The van der Waals surface area contributed by atoms with Crippen molar-refractivity contribution < 1.29 is 14.3 Å². The van der Waals surface area contributed by atoms with E-state index >= 15 is 0 Å². The van der Waals surface area contributed by atoms with Crippen LogP contribution in [0.1, 0.15) is 24.2 Å². The van der Waals surface area contributed by atoms with Gasteiger partial charge in [-0.3, -0.25) is 9.48 Å². The number of benzene rings is 1. The van der Waals surface area contributed by atoms with Crippen LogP contribution in [0.25, 0.3) is 10.9 Å². The van der Waals surface area contributed by atoms with Gasteiger partial charge in [-0.15, -0.1) is 5.10 Å². The first-order valence-electron chi connectivity index (χ1n) is 9.99. The SMILES string of the molecule is COc1nn(C)cc1C(=O)N1CCN(c2ccc3ncnc(OC(C)C)c3c2)CC1. The lowest BCUT2D eigenvalue weighted by Crippen LogP contribution is -2.48. The van der Waals surface area contributed by atoms with Crippen LogP contribution in [0.15, 0.2) is 30.7 Å². The van der Waals surface area contributed by atoms with Gasteiger partial charge in [0.05, 0.1) is 24.1 Å². The molecule has 2 aromatic heterocycles. The Hall–Kier alpha value is -3.36. The van der Waals surface area contributed by atoms with Crippen LogP contribution in [0.3, 0.4) is 0 Å². The van der Waals surface area contributed by atoms with E-state index in [1.54, 1.807) is 17.9 Å². The van der Waals surface area contributed by atoms with E-state index in [1.807, 2.05) is 24.8 Å². The van der Waals surface area contributed by atoms with Gasteiger partial charge in [-0.1, -0.05) is 0 Å². The van der Waals surface area contributed by atoms with Crippen molar-refractivity contribution >= 4 is 22.5 Å². The van der Waals surface area contributed by atoms with Gasteiger partial charge in [0.1, 0.15) is 11.9 Å². The van der Waals surface area contributed by atoms with Crippen LogP contribution in [0.5, 0.6) is 11.8 Å². The van der Waals surface area contributed by atoms with E-state index in [9.17, 15) is 4.79 Å². The lowest BCUT2D eigenvalue weighted by Gasteiger charge is -2.36. The van der Waals surface area contributed by atoms with Crippen molar-refractivity contribution in [3.05, 3.63) is 36.3 Å². The highest BCUT2D eigenvalue weighted by Crippen LogP contribution is 2.28. The molecule has 158 valence electrons. The van der Waals surface area contributed by atoms with Gasteiger partial charge in [0.15, 0.2) is 0 Å². The first kappa shape index (κ1) is 19.9. The molecule has 30 heavy (non-hydrogen) atoms. The smallest absolute Gasteiger partial charge is 0.261 e. The Balaban J connectivity index is 1.50. The average Bonchev–Trinajstić information content (AvgIpc) is 3.13. The van der Waals surface area contributed by atoms with Crippen LogP contribution < -0.4 is 14.4 Å². The number of rotatable bonds is 5. The van der Waals surface area contributed by atoms with Gasteiger partial charge in [0.25, 0.3) is 5.91 Å². The zero-order chi connectivity index (χ0) is 21.3. The Morgan fingerprint density at radius 1 is 1.10 bits per heavy atom. The lowest BCUT2D eigenvalue weighted by atomic mass is 10.1. The molecule has 1 aliphatic rings. The van der Waals surface area contributed by atoms with Crippen LogP contribution in [-0.2, 0) is 7.05 Å². The second-order valence-electron chi connectivity index (χ2n) is 7.55. The van der Waals surface area contributed by atoms with Crippen LogP contribution in [-0.4, -0.2) is 69.9 Å². The van der Waals surface area contributed by atoms with E-state index in [4.69, 9.17) is 9.47 Å². The van der Waals surface area contributed by atoms with Gasteiger partial charge in [-0.05, 0) is 32.0 Å². The van der Waals surface area contributed by atoms with Crippen molar-refractivity contribution in [2.45, 2.75) is 20.0 Å². The third-order valence-corrected chi connectivity index (χ3v) is 5.08. The number of methoxy groups -OCH3 is 1. The molecule has 9 nitrogen and oxygen atoms in total. The predicted octanol–water partition coefficient (Wildman–Crippen LogP) is 2.12. The number of ether oxygens (including phenoxy) is 2. The van der Waals surface area contributed by atoms with Gasteiger partial charge in [-0.25, -0.2) is 9.97 Å². The third kappa shape index (κ3) is 3.87. The number of amides is 1. The van der Waals surface area contributed by atoms with Crippen molar-refractivity contribution in [1.82, 2.24) is 24.6 Å². The summed E-state index contributed by atoms with van der Waals surface area (Å²) in [6.07, 6.45) is 3.26. The Kier molecular flexibility index (Phi) is 5.43. The maximum absolute atomic E-state index is 12.9. The van der Waals surface area contributed by atoms with Gasteiger partial charge in [-0.2, -0.15) is 0 Å². The molecule has 0 unspecified atom stereocenters. The summed E-state index contributed by atoms with van der Waals surface area (Å²) in [5.74, 6) is 0.894. The number of hydrogen-bond acceptors (Lipinski definition) is 7. The Morgan fingerprint density at radius 3 is 2.57 bits per heavy atom. The minimum absolute atomic E-state index is 0.0331. The highest BCUT2D eigenvalue weighted by Gasteiger charge is 2.26. The Bertz CT molecular complexity index is 1060. The van der Waals surface area contributed by atoms with E-state index in [-0.39, 0.29) is 12.0 Å². The van der Waals surface area contributed by atoms with E-state index < -0.39 is 0 Å². The lowest BCUT2D eigenvalue weighted by molar-refractivity contribution is 0.0743. The molecular formula is C21H26N6O3. The van der Waals surface area contributed by atoms with Crippen molar-refractivity contribution in [1.29, 1.82) is 0 Å². The molecule has 1 aromatic carbocycles. The zero-order valence-electron chi connectivity index (χ0n) is 17.7. The van der Waals surface area contributed by atoms with E-state index in [1.165, 1.54) is 13.4 Å². The zero-order valence-corrected chi connectivity index (χ0v) is 17.7. The maximum Gasteiger partial charge on any atom is 0.261 e. The van der Waals surface area contributed by atoms with Crippen molar-refractivity contribution in [2.24, 2.45) is 7.05 Å². The first-order chi connectivity index (χ1) is 14.5. The topological polar surface area (TPSA) is 85.6 Å². The number of fused-ring (bicyclic) bond motifs is 1. The molecule has 3 aromatic rings. The van der Waals surface area contributed by atoms with Gasteiger partial charge >= 0.3 is 0 Å². The average molecular weight is 410 g/mol. The molecule has 0 saturated carbocycles. The van der Waals surface area contributed by atoms with E-state index in [0.29, 0.717) is 30.4 Å². The summed E-state index contributed by atoms with van der Waals surface area (Å²) in [5, 5.41) is 5.07. The molecule has 0 atom stereocenters. The molecule has 0 radical (unpaired) electrons. The normalized spacial score (nSPS) is 14.4. The molecule has 0 spiro atoms. The minimum atomic E-state index is -0.0564. The highest BCUT2D eigenvalue weighted by molar-refractivity contribution is 5.96. The fourth-order valence-electron chi connectivity index (χ4n) is 3.64. The molecular weight excluding hydrogens is 384 g/mol. The molecule has 4 rings (SSSR count). The number of carbonyl (C=O) groups excluding carboxylic acids is 1. The Morgan fingerprint density at radius 2 is 1.87 bits per heavy atom. The van der Waals surface area contributed by atoms with Crippen LogP contribution in [0, 0.1) is 0 Å². The van der Waals surface area contributed by atoms with Crippen molar-refractivity contribution in [3.63, 3.8) is 0 Å². The van der Waals surface area contributed by atoms with E-state index in [0.717, 1.165) is 29.7 Å². The molecule has 3 heterocycles. The molecule has 0 bridgehead atoms. The number of anilines is 1. The van der Waals surface area contributed by atoms with Crippen LogP contribution in [0.4, 0.5) is 5.69 Å². The van der Waals surface area contributed by atoms with Gasteiger partial charge < -0.3 is 19.3 Å². The quantitative estimate of drug-likeness (QED) is 0.637. The standard InChI is InChI=1S/C21H26N6O3/c1-14(2)30-19-16-11-15(5-6-18(16)22-13-23-19)26-7-9-27(10-8-26)21(28)17-12-25(3)24-20(17)29-4/h5-6,11-14H,7-10H2,1-4H3. The fraction of sp³-hybridized carbons (Fsp3) is 0.429. The maximum atomic E-state index is 12.9. The first-order valence-corrected chi connectivity index (χ1v) is 9.99. The second kappa shape index (κ2) is 8.17. The van der Waals surface area contributed by atoms with Gasteiger partial charge in [0, 0.05) is 45.1 Å². The van der Waals surface area contributed by atoms with Gasteiger partial charge in [0.2, 0.25) is 11.8 Å². The number of aromatic nitrogens is 4. The largest absolute Gasteiger partial charge is 0.479 e. The van der Waals surface area contributed by atoms with Crippen LogP contribution >= 0.6 is 0 Å². The molecule has 1 amide bonds. The van der Waals surface area contributed by atoms with Crippen molar-refractivity contribution in [2.75, 3.05) is 38.2 Å². The molecule has 1 aliphatic heterocycles. The third-order valence-electron chi connectivity index (χ3n) is 5.08. The summed E-state index contributed by atoms with van der Waals surface area (Å²) in [4.78, 5) is 25.6. The fourth-order valence-corrected chi connectivity index (χ4v) is 3.64.